The molecule has 220 valence electrons. The van der Waals surface area contributed by atoms with E-state index in [9.17, 15) is 0 Å². The largest absolute Gasteiger partial charge is 0.456 e. The van der Waals surface area contributed by atoms with E-state index in [1.165, 1.54) is 76.6 Å². The maximum Gasteiger partial charge on any atom is 0.136 e. The second-order valence-corrected chi connectivity index (χ2v) is 12.6. The lowest BCUT2D eigenvalue weighted by molar-refractivity contribution is 0.664. The predicted molar refractivity (Wildman–Crippen MR) is 199 cm³/mol. The molecule has 2 nitrogen and oxygen atoms in total. The monoisotopic (exact) mass is 599 g/mol. The smallest absolute Gasteiger partial charge is 0.136 e. The van der Waals surface area contributed by atoms with Crippen molar-refractivity contribution < 1.29 is 4.42 Å². The Bertz CT molecular complexity index is 2740. The number of hydrogen-bond donors (Lipinski definition) is 0. The van der Waals surface area contributed by atoms with Crippen LogP contribution in [0.4, 0.5) is 0 Å². The van der Waals surface area contributed by atoms with Gasteiger partial charge in [-0.1, -0.05) is 115 Å². The van der Waals surface area contributed by atoms with Gasteiger partial charge >= 0.3 is 0 Å². The summed E-state index contributed by atoms with van der Waals surface area (Å²) in [7, 11) is 0. The lowest BCUT2D eigenvalue weighted by atomic mass is 9.97. The van der Waals surface area contributed by atoms with E-state index in [0.29, 0.717) is 0 Å². The molecular formula is C45H29NO. The van der Waals surface area contributed by atoms with Gasteiger partial charge in [0, 0.05) is 26.9 Å². The van der Waals surface area contributed by atoms with Crippen LogP contribution < -0.4 is 0 Å². The summed E-state index contributed by atoms with van der Waals surface area (Å²) in [5.41, 5.74) is 11.4. The minimum atomic E-state index is 0.888. The molecule has 0 atom stereocenters. The van der Waals surface area contributed by atoms with Gasteiger partial charge < -0.3 is 8.98 Å². The molecule has 8 aromatic carbocycles. The van der Waals surface area contributed by atoms with Crippen molar-refractivity contribution in [1.82, 2.24) is 4.57 Å². The van der Waals surface area contributed by atoms with Crippen molar-refractivity contribution in [3.8, 4) is 27.9 Å². The molecule has 0 spiro atoms. The fourth-order valence-corrected chi connectivity index (χ4v) is 7.71. The quantitative estimate of drug-likeness (QED) is 0.198. The van der Waals surface area contributed by atoms with Gasteiger partial charge in [-0.3, -0.25) is 0 Å². The van der Waals surface area contributed by atoms with Crippen molar-refractivity contribution in [3.05, 3.63) is 163 Å². The number of fused-ring (bicyclic) bond motifs is 4. The zero-order valence-corrected chi connectivity index (χ0v) is 25.9. The Morgan fingerprint density at radius 3 is 1.49 bits per heavy atom. The molecule has 0 unspecified atom stereocenters. The molecule has 2 heteroatoms. The van der Waals surface area contributed by atoms with Crippen LogP contribution in [-0.4, -0.2) is 4.57 Å². The molecule has 10 aromatic rings. The highest BCUT2D eigenvalue weighted by Crippen LogP contribution is 2.42. The van der Waals surface area contributed by atoms with E-state index >= 15 is 0 Å². The fraction of sp³-hybridized carbons (Fsp3) is 0.0222. The van der Waals surface area contributed by atoms with Gasteiger partial charge in [-0.2, -0.15) is 0 Å². The second kappa shape index (κ2) is 9.94. The van der Waals surface area contributed by atoms with E-state index in [2.05, 4.69) is 169 Å². The minimum Gasteiger partial charge on any atom is -0.456 e. The molecule has 2 heterocycles. The Kier molecular flexibility index (Phi) is 5.53. The van der Waals surface area contributed by atoms with Gasteiger partial charge in [0.05, 0.1) is 16.7 Å². The lowest BCUT2D eigenvalue weighted by Gasteiger charge is -2.13. The fourth-order valence-electron chi connectivity index (χ4n) is 7.71. The molecule has 0 radical (unpaired) electrons. The topological polar surface area (TPSA) is 18.1 Å². The third-order valence-electron chi connectivity index (χ3n) is 9.93. The first-order valence-corrected chi connectivity index (χ1v) is 16.2. The summed E-state index contributed by atoms with van der Waals surface area (Å²) in [6.45, 7) is 2.17. The third-order valence-corrected chi connectivity index (χ3v) is 9.93. The van der Waals surface area contributed by atoms with Crippen LogP contribution in [0.2, 0.25) is 0 Å². The molecule has 0 amide bonds. The number of rotatable bonds is 3. The standard InChI is InChI=1S/C45H29NO/c1-28-18-24-42-44-33(28)14-8-15-34(44)35-16-9-17-36-39(23-25-43(47-42)45(35)36)46-40-21-19-31(29-10-4-2-5-11-29)26-37(40)38-27-32(20-22-41(38)46)30-12-6-3-7-13-30/h2-27H,1H3. The molecule has 0 saturated carbocycles. The Labute approximate surface area is 271 Å². The van der Waals surface area contributed by atoms with Gasteiger partial charge in [0.2, 0.25) is 0 Å². The Balaban J connectivity index is 1.32. The predicted octanol–water partition coefficient (Wildman–Crippen LogP) is 12.6. The van der Waals surface area contributed by atoms with Gasteiger partial charge in [0.15, 0.2) is 0 Å². The van der Waals surface area contributed by atoms with E-state index in [1.807, 2.05) is 0 Å². The first-order valence-electron chi connectivity index (χ1n) is 16.2. The summed E-state index contributed by atoms with van der Waals surface area (Å²) in [6.07, 6.45) is 0. The molecule has 0 N–H and O–H groups in total. The molecular weight excluding hydrogens is 571 g/mol. The summed E-state index contributed by atoms with van der Waals surface area (Å²) in [6, 6.07) is 57.1. The van der Waals surface area contributed by atoms with Gasteiger partial charge in [-0.25, -0.2) is 0 Å². The molecule has 2 aromatic heterocycles. The van der Waals surface area contributed by atoms with Crippen LogP contribution in [-0.2, 0) is 0 Å². The normalized spacial score (nSPS) is 11.9. The highest BCUT2D eigenvalue weighted by atomic mass is 16.3. The molecule has 0 aliphatic heterocycles. The number of aryl methyl sites for hydroxylation is 1. The Hall–Kier alpha value is -6.12. The number of benzene rings is 8. The van der Waals surface area contributed by atoms with Crippen molar-refractivity contribution >= 4 is 65.3 Å². The van der Waals surface area contributed by atoms with Crippen LogP contribution in [0.15, 0.2) is 162 Å². The van der Waals surface area contributed by atoms with Gasteiger partial charge in [0.1, 0.15) is 11.2 Å². The van der Waals surface area contributed by atoms with Crippen molar-refractivity contribution in [2.24, 2.45) is 0 Å². The molecule has 10 rings (SSSR count). The number of aromatic nitrogens is 1. The second-order valence-electron chi connectivity index (χ2n) is 12.6. The zero-order valence-electron chi connectivity index (χ0n) is 25.9. The van der Waals surface area contributed by atoms with Crippen molar-refractivity contribution in [2.75, 3.05) is 0 Å². The minimum absolute atomic E-state index is 0.888. The molecule has 0 aliphatic carbocycles. The van der Waals surface area contributed by atoms with E-state index in [-0.39, 0.29) is 0 Å². The summed E-state index contributed by atoms with van der Waals surface area (Å²) in [4.78, 5) is 0. The molecule has 0 bridgehead atoms. The number of nitrogens with zero attached hydrogens (tertiary/aromatic N) is 1. The van der Waals surface area contributed by atoms with Gasteiger partial charge in [0.25, 0.3) is 0 Å². The molecule has 0 aliphatic rings. The van der Waals surface area contributed by atoms with Crippen LogP contribution in [0.3, 0.4) is 0 Å². The molecule has 47 heavy (non-hydrogen) atoms. The average Bonchev–Trinajstić information content (AvgIpc) is 3.38. The van der Waals surface area contributed by atoms with E-state index < -0.39 is 0 Å². The van der Waals surface area contributed by atoms with Crippen LogP contribution in [0.25, 0.3) is 93.2 Å². The summed E-state index contributed by atoms with van der Waals surface area (Å²) < 4.78 is 9.21. The third kappa shape index (κ3) is 3.85. The van der Waals surface area contributed by atoms with E-state index in [1.54, 1.807) is 0 Å². The Morgan fingerprint density at radius 1 is 0.383 bits per heavy atom. The van der Waals surface area contributed by atoms with Crippen molar-refractivity contribution in [2.45, 2.75) is 6.92 Å². The lowest BCUT2D eigenvalue weighted by Crippen LogP contribution is -1.96. The maximum atomic E-state index is 6.77. The first kappa shape index (κ1) is 26.1. The Morgan fingerprint density at radius 2 is 0.894 bits per heavy atom. The van der Waals surface area contributed by atoms with Crippen molar-refractivity contribution in [3.63, 3.8) is 0 Å². The van der Waals surface area contributed by atoms with Crippen LogP contribution in [0.1, 0.15) is 5.56 Å². The first-order chi connectivity index (χ1) is 23.2. The average molecular weight is 600 g/mol. The van der Waals surface area contributed by atoms with E-state index in [0.717, 1.165) is 22.2 Å². The zero-order chi connectivity index (χ0) is 31.1. The highest BCUT2D eigenvalue weighted by Gasteiger charge is 2.19. The molecule has 0 fully saturated rings. The van der Waals surface area contributed by atoms with Crippen LogP contribution in [0.5, 0.6) is 0 Å². The van der Waals surface area contributed by atoms with Crippen LogP contribution in [0, 0.1) is 6.92 Å². The molecule has 0 saturated heterocycles. The van der Waals surface area contributed by atoms with E-state index in [4.69, 9.17) is 4.42 Å². The number of hydrogen-bond acceptors (Lipinski definition) is 1. The van der Waals surface area contributed by atoms with Gasteiger partial charge in [-0.05, 0) is 93.4 Å². The van der Waals surface area contributed by atoms with Crippen LogP contribution >= 0.6 is 0 Å². The summed E-state index contributed by atoms with van der Waals surface area (Å²) in [5.74, 6) is 0. The van der Waals surface area contributed by atoms with Gasteiger partial charge in [-0.15, -0.1) is 0 Å². The highest BCUT2D eigenvalue weighted by molar-refractivity contribution is 6.25. The SMILES string of the molecule is Cc1ccc2oc3ccc(-n4c5ccc(-c6ccccc6)cc5c5cc(-c6ccccc6)ccc54)c4cccc(c5cccc1c25)c34. The maximum absolute atomic E-state index is 6.77. The summed E-state index contributed by atoms with van der Waals surface area (Å²) >= 11 is 0. The summed E-state index contributed by atoms with van der Waals surface area (Å²) in [5, 5.41) is 9.61. The van der Waals surface area contributed by atoms with Crippen molar-refractivity contribution in [1.29, 1.82) is 0 Å².